The van der Waals surface area contributed by atoms with Crippen molar-refractivity contribution in [2.45, 2.75) is 13.3 Å². The Labute approximate surface area is 129 Å². The fraction of sp³-hybridized carbons (Fsp3) is 0.176. The van der Waals surface area contributed by atoms with Crippen molar-refractivity contribution in [2.24, 2.45) is 0 Å². The van der Waals surface area contributed by atoms with Crippen LogP contribution in [0.4, 0.5) is 5.69 Å². The number of nitrogens with two attached hydrogens (primary N) is 1. The number of ether oxygens (including phenoxy) is 1. The SMILES string of the molecule is CCCOc1ccc(-c2cn(-c3ccc(N)cc3)nn2)cc1. The Bertz CT molecular complexity index is 732. The predicted octanol–water partition coefficient (Wildman–Crippen LogP) is 3.31. The summed E-state index contributed by atoms with van der Waals surface area (Å²) in [4.78, 5) is 0. The maximum absolute atomic E-state index is 5.69. The van der Waals surface area contributed by atoms with E-state index in [-0.39, 0.29) is 0 Å². The second-order valence-electron chi connectivity index (χ2n) is 5.01. The highest BCUT2D eigenvalue weighted by atomic mass is 16.5. The van der Waals surface area contributed by atoms with Crippen molar-refractivity contribution in [3.05, 3.63) is 54.7 Å². The zero-order valence-corrected chi connectivity index (χ0v) is 12.4. The summed E-state index contributed by atoms with van der Waals surface area (Å²) < 4.78 is 7.31. The number of hydrogen-bond acceptors (Lipinski definition) is 4. The highest BCUT2D eigenvalue weighted by molar-refractivity contribution is 5.59. The first kappa shape index (κ1) is 14.1. The number of rotatable bonds is 5. The molecule has 5 heteroatoms. The van der Waals surface area contributed by atoms with E-state index in [1.165, 1.54) is 0 Å². The van der Waals surface area contributed by atoms with Crippen molar-refractivity contribution in [2.75, 3.05) is 12.3 Å². The third-order valence-corrected chi connectivity index (χ3v) is 3.27. The molecule has 112 valence electrons. The van der Waals surface area contributed by atoms with Crippen molar-refractivity contribution in [1.29, 1.82) is 0 Å². The second-order valence-corrected chi connectivity index (χ2v) is 5.01. The smallest absolute Gasteiger partial charge is 0.119 e. The molecule has 3 rings (SSSR count). The number of benzene rings is 2. The van der Waals surface area contributed by atoms with Gasteiger partial charge in [-0.3, -0.25) is 0 Å². The third-order valence-electron chi connectivity index (χ3n) is 3.27. The summed E-state index contributed by atoms with van der Waals surface area (Å²) in [5, 5.41) is 8.38. The van der Waals surface area contributed by atoms with Gasteiger partial charge in [-0.25, -0.2) is 4.68 Å². The van der Waals surface area contributed by atoms with Crippen LogP contribution in [0.3, 0.4) is 0 Å². The molecule has 0 atom stereocenters. The Morgan fingerprint density at radius 1 is 1.05 bits per heavy atom. The number of nitrogen functional groups attached to an aromatic ring is 1. The number of anilines is 1. The lowest BCUT2D eigenvalue weighted by atomic mass is 10.1. The van der Waals surface area contributed by atoms with Crippen LogP contribution >= 0.6 is 0 Å². The predicted molar refractivity (Wildman–Crippen MR) is 87.0 cm³/mol. The molecule has 0 amide bonds. The van der Waals surface area contributed by atoms with Gasteiger partial charge in [0.1, 0.15) is 11.4 Å². The molecule has 0 bridgehead atoms. The van der Waals surface area contributed by atoms with E-state index in [1.54, 1.807) is 4.68 Å². The second kappa shape index (κ2) is 6.30. The number of nitrogens with zero attached hydrogens (tertiary/aromatic N) is 3. The van der Waals surface area contributed by atoms with Crippen molar-refractivity contribution < 1.29 is 4.74 Å². The summed E-state index contributed by atoms with van der Waals surface area (Å²) in [6.07, 6.45) is 2.89. The van der Waals surface area contributed by atoms with Crippen LogP contribution in [0.15, 0.2) is 54.7 Å². The quantitative estimate of drug-likeness (QED) is 0.733. The Morgan fingerprint density at radius 2 is 1.77 bits per heavy atom. The molecule has 1 aromatic heterocycles. The Morgan fingerprint density at radius 3 is 2.45 bits per heavy atom. The first-order chi connectivity index (χ1) is 10.8. The molecule has 1 heterocycles. The molecule has 22 heavy (non-hydrogen) atoms. The van der Waals surface area contributed by atoms with E-state index in [2.05, 4.69) is 17.2 Å². The maximum atomic E-state index is 5.69. The summed E-state index contributed by atoms with van der Waals surface area (Å²) in [6.45, 7) is 2.82. The highest BCUT2D eigenvalue weighted by Crippen LogP contribution is 2.21. The van der Waals surface area contributed by atoms with E-state index in [0.29, 0.717) is 0 Å². The molecule has 0 aliphatic heterocycles. The molecule has 0 unspecified atom stereocenters. The Kier molecular flexibility index (Phi) is 4.05. The molecule has 0 aliphatic carbocycles. The number of aromatic nitrogens is 3. The summed E-state index contributed by atoms with van der Waals surface area (Å²) >= 11 is 0. The van der Waals surface area contributed by atoms with Gasteiger partial charge >= 0.3 is 0 Å². The van der Waals surface area contributed by atoms with E-state index >= 15 is 0 Å². The molecular weight excluding hydrogens is 276 g/mol. The molecule has 0 saturated heterocycles. The first-order valence-electron chi connectivity index (χ1n) is 7.28. The van der Waals surface area contributed by atoms with Gasteiger partial charge in [-0.2, -0.15) is 0 Å². The van der Waals surface area contributed by atoms with Crippen LogP contribution in [0, 0.1) is 0 Å². The van der Waals surface area contributed by atoms with Crippen molar-refractivity contribution in [1.82, 2.24) is 15.0 Å². The topological polar surface area (TPSA) is 66.0 Å². The Balaban J connectivity index is 1.79. The maximum Gasteiger partial charge on any atom is 0.119 e. The van der Waals surface area contributed by atoms with Gasteiger partial charge in [0.05, 0.1) is 18.5 Å². The first-order valence-corrected chi connectivity index (χ1v) is 7.28. The van der Waals surface area contributed by atoms with E-state index < -0.39 is 0 Å². The average Bonchev–Trinajstić information content (AvgIpc) is 3.04. The molecule has 0 radical (unpaired) electrons. The van der Waals surface area contributed by atoms with Gasteiger partial charge in [-0.15, -0.1) is 5.10 Å². The van der Waals surface area contributed by atoms with Crippen LogP contribution < -0.4 is 10.5 Å². The standard InChI is InChI=1S/C17H18N4O/c1-2-11-22-16-9-3-13(4-10-16)17-12-21(20-19-17)15-7-5-14(18)6-8-15/h3-10,12H,2,11,18H2,1H3. The lowest BCUT2D eigenvalue weighted by Gasteiger charge is -2.04. The van der Waals surface area contributed by atoms with Gasteiger partial charge < -0.3 is 10.5 Å². The summed E-state index contributed by atoms with van der Waals surface area (Å²) in [5.74, 6) is 0.872. The zero-order valence-electron chi connectivity index (χ0n) is 12.4. The lowest BCUT2D eigenvalue weighted by molar-refractivity contribution is 0.317. The van der Waals surface area contributed by atoms with Crippen molar-refractivity contribution in [3.63, 3.8) is 0 Å². The van der Waals surface area contributed by atoms with Gasteiger partial charge in [0.25, 0.3) is 0 Å². The van der Waals surface area contributed by atoms with E-state index in [1.807, 2.05) is 54.7 Å². The van der Waals surface area contributed by atoms with Gasteiger partial charge in [-0.1, -0.05) is 12.1 Å². The molecule has 0 fully saturated rings. The lowest BCUT2D eigenvalue weighted by Crippen LogP contribution is -1.95. The largest absolute Gasteiger partial charge is 0.494 e. The van der Waals surface area contributed by atoms with E-state index in [4.69, 9.17) is 10.5 Å². The minimum absolute atomic E-state index is 0.728. The minimum atomic E-state index is 0.728. The average molecular weight is 294 g/mol. The molecule has 2 aromatic carbocycles. The Hall–Kier alpha value is -2.82. The van der Waals surface area contributed by atoms with Crippen LogP contribution in [0.2, 0.25) is 0 Å². The molecule has 3 aromatic rings. The van der Waals surface area contributed by atoms with Gasteiger partial charge in [0.2, 0.25) is 0 Å². The van der Waals surface area contributed by atoms with E-state index in [9.17, 15) is 0 Å². The minimum Gasteiger partial charge on any atom is -0.494 e. The monoisotopic (exact) mass is 294 g/mol. The van der Waals surface area contributed by atoms with Crippen LogP contribution in [-0.4, -0.2) is 21.6 Å². The molecule has 2 N–H and O–H groups in total. The van der Waals surface area contributed by atoms with Crippen LogP contribution in [0.25, 0.3) is 16.9 Å². The van der Waals surface area contributed by atoms with Crippen LogP contribution in [0.1, 0.15) is 13.3 Å². The van der Waals surface area contributed by atoms with Crippen LogP contribution in [-0.2, 0) is 0 Å². The van der Waals surface area contributed by atoms with E-state index in [0.717, 1.165) is 41.4 Å². The van der Waals surface area contributed by atoms with Gasteiger partial charge in [0.15, 0.2) is 0 Å². The molecular formula is C17H18N4O. The molecule has 0 aliphatic rings. The molecule has 0 saturated carbocycles. The van der Waals surface area contributed by atoms with Crippen molar-refractivity contribution in [3.8, 4) is 22.7 Å². The zero-order chi connectivity index (χ0) is 15.4. The summed E-state index contributed by atoms with van der Waals surface area (Å²) in [7, 11) is 0. The fourth-order valence-corrected chi connectivity index (χ4v) is 2.09. The third kappa shape index (κ3) is 3.09. The molecule has 0 spiro atoms. The van der Waals surface area contributed by atoms with Crippen LogP contribution in [0.5, 0.6) is 5.75 Å². The number of hydrogen-bond donors (Lipinski definition) is 1. The van der Waals surface area contributed by atoms with Crippen molar-refractivity contribution >= 4 is 5.69 Å². The van der Waals surface area contributed by atoms with Gasteiger partial charge in [0, 0.05) is 11.3 Å². The fourth-order valence-electron chi connectivity index (χ4n) is 2.09. The summed E-state index contributed by atoms with van der Waals surface area (Å²) in [5.41, 5.74) is 9.17. The highest BCUT2D eigenvalue weighted by Gasteiger charge is 2.05. The summed E-state index contributed by atoms with van der Waals surface area (Å²) in [6, 6.07) is 15.4. The van der Waals surface area contributed by atoms with Gasteiger partial charge in [-0.05, 0) is 55.0 Å². The molecule has 5 nitrogen and oxygen atoms in total. The normalized spacial score (nSPS) is 10.6.